The Balaban J connectivity index is 3.03. The lowest BCUT2D eigenvalue weighted by atomic mass is 10.6. The minimum absolute atomic E-state index is 0.0766. The number of carboxylic acid groups (broad SMARTS) is 1. The van der Waals surface area contributed by atoms with Crippen LogP contribution in [0.5, 0.6) is 0 Å². The minimum Gasteiger partial charge on any atom is -0.480 e. The third kappa shape index (κ3) is 20.7. The number of hydrogen-bond donors (Lipinski definition) is 1. The molecule has 0 spiro atoms. The second-order valence-corrected chi connectivity index (χ2v) is 4.52. The largest absolute Gasteiger partial charge is 0.480 e. The number of rotatable bonds is 19. The van der Waals surface area contributed by atoms with Crippen LogP contribution in [0.15, 0.2) is 0 Å². The summed E-state index contributed by atoms with van der Waals surface area (Å²) in [6.45, 7) is 3.47. The van der Waals surface area contributed by atoms with Crippen LogP contribution in [0, 0.1) is 0 Å². The van der Waals surface area contributed by atoms with Crippen molar-refractivity contribution in [3.05, 3.63) is 0 Å². The molecule has 0 saturated heterocycles. The van der Waals surface area contributed by atoms with Crippen molar-refractivity contribution in [3.8, 4) is 0 Å². The molecule has 0 aliphatic rings. The number of hydrogen-bond acceptors (Lipinski definition) is 9. The summed E-state index contributed by atoms with van der Waals surface area (Å²) in [4.78, 5) is 20.9. The quantitative estimate of drug-likeness (QED) is 0.232. The molecule has 0 radical (unpaired) electrons. The molecule has 0 aliphatic heterocycles. The molecular weight excluding hydrogens is 340 g/mol. The zero-order chi connectivity index (χ0) is 18.6. The maximum Gasteiger partial charge on any atom is 0.331 e. The van der Waals surface area contributed by atoms with Crippen molar-refractivity contribution in [2.24, 2.45) is 0 Å². The van der Waals surface area contributed by atoms with E-state index in [1.807, 2.05) is 0 Å². The molecule has 25 heavy (non-hydrogen) atoms. The number of ether oxygens (including phenoxy) is 7. The van der Waals surface area contributed by atoms with E-state index >= 15 is 0 Å². The van der Waals surface area contributed by atoms with Crippen LogP contribution in [0.4, 0.5) is 0 Å². The van der Waals surface area contributed by atoms with Gasteiger partial charge >= 0.3 is 11.9 Å². The van der Waals surface area contributed by atoms with Gasteiger partial charge in [-0.3, -0.25) is 0 Å². The fourth-order valence-electron chi connectivity index (χ4n) is 1.37. The Kier molecular flexibility index (Phi) is 18.0. The maximum absolute atomic E-state index is 10.7. The van der Waals surface area contributed by atoms with Crippen molar-refractivity contribution in [1.29, 1.82) is 0 Å². The van der Waals surface area contributed by atoms with Gasteiger partial charge in [-0.15, -0.1) is 0 Å². The average molecular weight is 368 g/mol. The number of aliphatic carboxylic acids is 1. The summed E-state index contributed by atoms with van der Waals surface area (Å²) in [6, 6.07) is 0. The highest BCUT2D eigenvalue weighted by atomic mass is 16.6. The molecule has 1 N–H and O–H groups in total. The first-order valence-corrected chi connectivity index (χ1v) is 7.92. The van der Waals surface area contributed by atoms with Gasteiger partial charge in [-0.1, -0.05) is 0 Å². The van der Waals surface area contributed by atoms with E-state index < -0.39 is 11.9 Å². The Bertz CT molecular complexity index is 323. The maximum atomic E-state index is 10.7. The van der Waals surface area contributed by atoms with Crippen molar-refractivity contribution in [1.82, 2.24) is 0 Å². The molecule has 0 aromatic carbocycles. The fourth-order valence-corrected chi connectivity index (χ4v) is 1.37. The molecular formula is C15H28O10. The van der Waals surface area contributed by atoms with E-state index in [-0.39, 0.29) is 19.8 Å². The van der Waals surface area contributed by atoms with E-state index in [0.29, 0.717) is 59.5 Å². The molecule has 0 aromatic heterocycles. The van der Waals surface area contributed by atoms with Crippen LogP contribution in [0.25, 0.3) is 0 Å². The second kappa shape index (κ2) is 19.0. The molecule has 0 bridgehead atoms. The third-order valence-electron chi connectivity index (χ3n) is 2.53. The van der Waals surface area contributed by atoms with E-state index in [0.717, 1.165) is 0 Å². The van der Waals surface area contributed by atoms with Gasteiger partial charge in [-0.25, -0.2) is 9.59 Å². The molecule has 10 heteroatoms. The normalized spacial score (nSPS) is 10.8. The van der Waals surface area contributed by atoms with Crippen molar-refractivity contribution in [2.45, 2.75) is 0 Å². The van der Waals surface area contributed by atoms with E-state index in [1.165, 1.54) is 7.11 Å². The van der Waals surface area contributed by atoms with Crippen molar-refractivity contribution >= 4 is 11.9 Å². The topological polar surface area (TPSA) is 119 Å². The summed E-state index contributed by atoms with van der Waals surface area (Å²) < 4.78 is 35.2. The second-order valence-electron chi connectivity index (χ2n) is 4.52. The predicted octanol–water partition coefficient (Wildman–Crippen LogP) is -0.656. The van der Waals surface area contributed by atoms with Crippen molar-refractivity contribution in [3.63, 3.8) is 0 Å². The van der Waals surface area contributed by atoms with E-state index in [4.69, 9.17) is 33.5 Å². The molecule has 0 unspecified atom stereocenters. The van der Waals surface area contributed by atoms with Gasteiger partial charge in [0.1, 0.15) is 13.2 Å². The third-order valence-corrected chi connectivity index (χ3v) is 2.53. The van der Waals surface area contributed by atoms with Crippen molar-refractivity contribution in [2.75, 3.05) is 86.4 Å². The van der Waals surface area contributed by atoms with Gasteiger partial charge in [0.15, 0.2) is 0 Å². The van der Waals surface area contributed by atoms with Crippen molar-refractivity contribution < 1.29 is 47.9 Å². The van der Waals surface area contributed by atoms with Crippen LogP contribution < -0.4 is 0 Å². The molecule has 0 aliphatic carbocycles. The van der Waals surface area contributed by atoms with Crippen LogP contribution in [0.2, 0.25) is 0 Å². The van der Waals surface area contributed by atoms with Gasteiger partial charge < -0.3 is 38.3 Å². The first kappa shape index (κ1) is 23.7. The molecule has 0 saturated carbocycles. The minimum atomic E-state index is -0.999. The van der Waals surface area contributed by atoms with E-state index in [2.05, 4.69) is 4.74 Å². The van der Waals surface area contributed by atoms with Crippen LogP contribution >= 0.6 is 0 Å². The number of carboxylic acids is 1. The van der Waals surface area contributed by atoms with Crippen LogP contribution in [-0.2, 0) is 42.7 Å². The SMILES string of the molecule is COC(=O)COCCOCCOCCOCCOCCOCC(=O)O. The van der Waals surface area contributed by atoms with Gasteiger partial charge in [0.05, 0.1) is 73.2 Å². The lowest BCUT2D eigenvalue weighted by molar-refractivity contribution is -0.146. The lowest BCUT2D eigenvalue weighted by Gasteiger charge is -2.07. The number of esters is 1. The first-order valence-electron chi connectivity index (χ1n) is 7.92. The smallest absolute Gasteiger partial charge is 0.331 e. The molecule has 0 amide bonds. The number of methoxy groups -OCH3 is 1. The molecule has 148 valence electrons. The lowest BCUT2D eigenvalue weighted by Crippen LogP contribution is -2.16. The van der Waals surface area contributed by atoms with Gasteiger partial charge in [0.2, 0.25) is 0 Å². The molecule has 0 heterocycles. The highest BCUT2D eigenvalue weighted by molar-refractivity contribution is 5.70. The monoisotopic (exact) mass is 368 g/mol. The molecule has 0 fully saturated rings. The summed E-state index contributed by atoms with van der Waals surface area (Å²) in [5.41, 5.74) is 0. The summed E-state index contributed by atoms with van der Waals surface area (Å²) in [5, 5.41) is 8.34. The first-order chi connectivity index (χ1) is 12.2. The Morgan fingerprint density at radius 2 is 0.920 bits per heavy atom. The molecule has 0 aromatic rings. The Morgan fingerprint density at radius 3 is 1.24 bits per heavy atom. The molecule has 10 nitrogen and oxygen atoms in total. The number of carbonyl (C=O) groups is 2. The summed E-state index contributed by atoms with van der Waals surface area (Å²) in [7, 11) is 1.30. The average Bonchev–Trinajstić information content (AvgIpc) is 2.60. The summed E-state index contributed by atoms with van der Waals surface area (Å²) in [5.74, 6) is -1.42. The highest BCUT2D eigenvalue weighted by Gasteiger charge is 1.99. The van der Waals surface area contributed by atoms with Crippen LogP contribution in [-0.4, -0.2) is 103 Å². The standard InChI is InChI=1S/C15H28O10/c1-19-15(18)13-25-11-9-23-7-5-21-3-2-20-4-6-22-8-10-24-12-14(16)17/h2-13H2,1H3,(H,16,17). The van der Waals surface area contributed by atoms with E-state index in [9.17, 15) is 9.59 Å². The Hall–Kier alpha value is -1.30. The van der Waals surface area contributed by atoms with Gasteiger partial charge in [0, 0.05) is 0 Å². The molecule has 0 atom stereocenters. The molecule has 0 rings (SSSR count). The van der Waals surface area contributed by atoms with Gasteiger partial charge in [0.25, 0.3) is 0 Å². The zero-order valence-corrected chi connectivity index (χ0v) is 14.6. The Labute approximate surface area is 147 Å². The fraction of sp³-hybridized carbons (Fsp3) is 0.867. The van der Waals surface area contributed by atoms with E-state index in [1.54, 1.807) is 0 Å². The van der Waals surface area contributed by atoms with Gasteiger partial charge in [-0.05, 0) is 0 Å². The zero-order valence-electron chi connectivity index (χ0n) is 14.6. The summed E-state index contributed by atoms with van der Waals surface area (Å²) >= 11 is 0. The predicted molar refractivity (Wildman–Crippen MR) is 84.6 cm³/mol. The number of carbonyl (C=O) groups excluding carboxylic acids is 1. The Morgan fingerprint density at radius 1 is 0.600 bits per heavy atom. The summed E-state index contributed by atoms with van der Waals surface area (Å²) in [6.07, 6.45) is 0. The van der Waals surface area contributed by atoms with Crippen LogP contribution in [0.3, 0.4) is 0 Å². The van der Waals surface area contributed by atoms with Crippen LogP contribution in [0.1, 0.15) is 0 Å². The highest BCUT2D eigenvalue weighted by Crippen LogP contribution is 1.85. The van der Waals surface area contributed by atoms with Gasteiger partial charge in [-0.2, -0.15) is 0 Å².